The van der Waals surface area contributed by atoms with Crippen molar-refractivity contribution in [2.75, 3.05) is 12.3 Å². The van der Waals surface area contributed by atoms with E-state index in [1.165, 1.54) is 6.42 Å². The minimum atomic E-state index is 0.0200. The Bertz CT molecular complexity index is 438. The summed E-state index contributed by atoms with van der Waals surface area (Å²) in [6, 6.07) is 0.471. The average Bonchev–Trinajstić information content (AvgIpc) is 2.71. The molecule has 1 saturated heterocycles. The largest absolute Gasteiger partial charge is 0.383 e. The second-order valence-corrected chi connectivity index (χ2v) is 5.33. The molecule has 0 aromatic carbocycles. The molecule has 0 spiro atoms. The molecule has 1 atom stereocenters. The summed E-state index contributed by atoms with van der Waals surface area (Å²) in [4.78, 5) is 14.4. The first-order valence-electron chi connectivity index (χ1n) is 6.66. The van der Waals surface area contributed by atoms with Crippen molar-refractivity contribution in [2.45, 2.75) is 52.1 Å². The number of rotatable bonds is 2. The first-order chi connectivity index (χ1) is 8.52. The van der Waals surface area contributed by atoms with Crippen molar-refractivity contribution in [2.24, 2.45) is 0 Å². The van der Waals surface area contributed by atoms with E-state index in [1.54, 1.807) is 10.9 Å². The number of nitrogens with two attached hydrogens (primary N) is 1. The molecule has 1 aliphatic heterocycles. The predicted molar refractivity (Wildman–Crippen MR) is 71.4 cm³/mol. The molecule has 2 N–H and O–H groups in total. The van der Waals surface area contributed by atoms with Crippen LogP contribution in [0.5, 0.6) is 0 Å². The summed E-state index contributed by atoms with van der Waals surface area (Å²) >= 11 is 0. The lowest BCUT2D eigenvalue weighted by Crippen LogP contribution is -2.42. The highest BCUT2D eigenvalue weighted by Gasteiger charge is 2.27. The van der Waals surface area contributed by atoms with Crippen LogP contribution in [0.2, 0.25) is 0 Å². The number of nitrogen functional groups attached to an aromatic ring is 1. The molecule has 100 valence electrons. The lowest BCUT2D eigenvalue weighted by Gasteiger charge is -2.33. The molecule has 2 rings (SSSR count). The minimum Gasteiger partial charge on any atom is -0.383 e. The van der Waals surface area contributed by atoms with Crippen LogP contribution in [0.1, 0.15) is 56.4 Å². The van der Waals surface area contributed by atoms with Gasteiger partial charge in [0.1, 0.15) is 11.4 Å². The van der Waals surface area contributed by atoms with Crippen molar-refractivity contribution in [3.8, 4) is 0 Å². The lowest BCUT2D eigenvalue weighted by atomic mass is 10.0. The van der Waals surface area contributed by atoms with Crippen LogP contribution in [0.25, 0.3) is 0 Å². The van der Waals surface area contributed by atoms with Crippen molar-refractivity contribution in [1.82, 2.24) is 14.7 Å². The molecule has 0 bridgehead atoms. The lowest BCUT2D eigenvalue weighted by molar-refractivity contribution is 0.0636. The van der Waals surface area contributed by atoms with Gasteiger partial charge in [0.25, 0.3) is 5.91 Å². The van der Waals surface area contributed by atoms with E-state index in [9.17, 15) is 4.79 Å². The summed E-state index contributed by atoms with van der Waals surface area (Å²) < 4.78 is 1.70. The maximum atomic E-state index is 12.5. The fraction of sp³-hybridized carbons (Fsp3) is 0.692. The van der Waals surface area contributed by atoms with Crippen LogP contribution in [0.4, 0.5) is 5.82 Å². The van der Waals surface area contributed by atoms with Gasteiger partial charge in [0.15, 0.2) is 0 Å². The normalized spacial score (nSPS) is 20.4. The van der Waals surface area contributed by atoms with Gasteiger partial charge in [-0.3, -0.25) is 4.79 Å². The van der Waals surface area contributed by atoms with Crippen LogP contribution in [-0.2, 0) is 0 Å². The molecule has 0 saturated carbocycles. The third-order valence-electron chi connectivity index (χ3n) is 3.62. The van der Waals surface area contributed by atoms with Crippen molar-refractivity contribution in [3.05, 3.63) is 11.8 Å². The quantitative estimate of drug-likeness (QED) is 0.873. The fourth-order valence-corrected chi connectivity index (χ4v) is 2.50. The van der Waals surface area contributed by atoms with Crippen LogP contribution in [0.3, 0.4) is 0 Å². The Morgan fingerprint density at radius 3 is 2.78 bits per heavy atom. The molecule has 2 heterocycles. The Balaban J connectivity index is 2.23. The highest BCUT2D eigenvalue weighted by molar-refractivity contribution is 5.98. The van der Waals surface area contributed by atoms with Crippen LogP contribution in [-0.4, -0.2) is 33.2 Å². The van der Waals surface area contributed by atoms with Gasteiger partial charge in [0, 0.05) is 18.6 Å². The molecule has 1 aromatic heterocycles. The number of hydrogen-bond acceptors (Lipinski definition) is 3. The molecule has 5 heteroatoms. The zero-order chi connectivity index (χ0) is 13.3. The van der Waals surface area contributed by atoms with Crippen molar-refractivity contribution in [3.63, 3.8) is 0 Å². The van der Waals surface area contributed by atoms with Gasteiger partial charge in [0.2, 0.25) is 0 Å². The molecule has 1 unspecified atom stereocenters. The van der Waals surface area contributed by atoms with Crippen LogP contribution in [0, 0.1) is 0 Å². The number of carbonyl (C=O) groups is 1. The average molecular weight is 250 g/mol. The smallest absolute Gasteiger partial charge is 0.259 e. The van der Waals surface area contributed by atoms with Gasteiger partial charge in [-0.25, -0.2) is 4.68 Å². The number of carbonyl (C=O) groups excluding carboxylic acids is 1. The predicted octanol–water partition coefficient (Wildman–Crippen LogP) is 2.06. The van der Waals surface area contributed by atoms with E-state index >= 15 is 0 Å². The van der Waals surface area contributed by atoms with E-state index < -0.39 is 0 Å². The molecule has 0 aliphatic carbocycles. The van der Waals surface area contributed by atoms with Crippen molar-refractivity contribution in [1.29, 1.82) is 0 Å². The molecule has 1 aromatic rings. The summed E-state index contributed by atoms with van der Waals surface area (Å²) in [5, 5.41) is 4.20. The van der Waals surface area contributed by atoms with Gasteiger partial charge < -0.3 is 10.6 Å². The molecule has 1 aliphatic rings. The van der Waals surface area contributed by atoms with Gasteiger partial charge in [-0.05, 0) is 40.0 Å². The van der Waals surface area contributed by atoms with E-state index in [2.05, 4.69) is 12.0 Å². The SMILES string of the molecule is CC1CCCCN1C(=O)c1cnn(C(C)C)c1N. The molecular weight excluding hydrogens is 228 g/mol. The van der Waals surface area contributed by atoms with E-state index in [-0.39, 0.29) is 11.9 Å². The Hall–Kier alpha value is -1.52. The third-order valence-corrected chi connectivity index (χ3v) is 3.62. The zero-order valence-corrected chi connectivity index (χ0v) is 11.4. The summed E-state index contributed by atoms with van der Waals surface area (Å²) in [6.07, 6.45) is 4.95. The number of aromatic nitrogens is 2. The van der Waals surface area contributed by atoms with Gasteiger partial charge in [0.05, 0.1) is 6.20 Å². The number of anilines is 1. The third kappa shape index (κ3) is 2.21. The van der Waals surface area contributed by atoms with Crippen LogP contribution in [0.15, 0.2) is 6.20 Å². The molecule has 5 nitrogen and oxygen atoms in total. The van der Waals surface area contributed by atoms with E-state index in [4.69, 9.17) is 5.73 Å². The number of nitrogens with zero attached hydrogens (tertiary/aromatic N) is 3. The Morgan fingerprint density at radius 2 is 2.22 bits per heavy atom. The van der Waals surface area contributed by atoms with E-state index in [0.717, 1.165) is 19.4 Å². The molecular formula is C13H22N4O. The first-order valence-corrected chi connectivity index (χ1v) is 6.66. The highest BCUT2D eigenvalue weighted by Crippen LogP contribution is 2.23. The Kier molecular flexibility index (Phi) is 3.59. The molecule has 1 amide bonds. The van der Waals surface area contributed by atoms with Crippen molar-refractivity contribution >= 4 is 11.7 Å². The Morgan fingerprint density at radius 1 is 1.50 bits per heavy atom. The van der Waals surface area contributed by atoms with Gasteiger partial charge in [-0.2, -0.15) is 5.10 Å². The van der Waals surface area contributed by atoms with E-state index in [0.29, 0.717) is 17.4 Å². The number of piperidine rings is 1. The second-order valence-electron chi connectivity index (χ2n) is 5.33. The van der Waals surface area contributed by atoms with Gasteiger partial charge in [-0.1, -0.05) is 0 Å². The van der Waals surface area contributed by atoms with Gasteiger partial charge in [-0.15, -0.1) is 0 Å². The highest BCUT2D eigenvalue weighted by atomic mass is 16.2. The van der Waals surface area contributed by atoms with Crippen LogP contribution >= 0.6 is 0 Å². The molecule has 1 fully saturated rings. The Labute approximate surface area is 108 Å². The standard InChI is InChI=1S/C13H22N4O/c1-9(2)17-12(14)11(8-15-17)13(18)16-7-5-4-6-10(16)3/h8-10H,4-7,14H2,1-3H3. The zero-order valence-electron chi connectivity index (χ0n) is 11.4. The van der Waals surface area contributed by atoms with Crippen LogP contribution < -0.4 is 5.73 Å². The monoisotopic (exact) mass is 250 g/mol. The fourth-order valence-electron chi connectivity index (χ4n) is 2.50. The summed E-state index contributed by atoms with van der Waals surface area (Å²) in [5.74, 6) is 0.499. The molecule has 0 radical (unpaired) electrons. The number of hydrogen-bond donors (Lipinski definition) is 1. The maximum absolute atomic E-state index is 12.5. The molecule has 18 heavy (non-hydrogen) atoms. The topological polar surface area (TPSA) is 64.2 Å². The van der Waals surface area contributed by atoms with Crippen molar-refractivity contribution < 1.29 is 4.79 Å². The summed E-state index contributed by atoms with van der Waals surface area (Å²) in [5.41, 5.74) is 6.55. The van der Waals surface area contributed by atoms with Gasteiger partial charge >= 0.3 is 0 Å². The second kappa shape index (κ2) is 5.00. The van der Waals surface area contributed by atoms with E-state index in [1.807, 2.05) is 18.7 Å². The first kappa shape index (κ1) is 12.9. The number of likely N-dealkylation sites (tertiary alicyclic amines) is 1. The number of amides is 1. The summed E-state index contributed by atoms with van der Waals surface area (Å²) in [6.45, 7) is 6.93. The minimum absolute atomic E-state index is 0.0200. The summed E-state index contributed by atoms with van der Waals surface area (Å²) in [7, 11) is 0. The maximum Gasteiger partial charge on any atom is 0.259 e.